The molecule has 4 heterocycles. The number of fused-ring (bicyclic) bond motifs is 1. The van der Waals surface area contributed by atoms with Gasteiger partial charge in [-0.25, -0.2) is 14.4 Å². The lowest BCUT2D eigenvalue weighted by atomic mass is 10.1. The van der Waals surface area contributed by atoms with Crippen LogP contribution in [0.1, 0.15) is 33.9 Å². The van der Waals surface area contributed by atoms with Gasteiger partial charge in [0.2, 0.25) is 5.95 Å². The number of thiophene rings is 1. The first-order valence-electron chi connectivity index (χ1n) is 8.92. The van der Waals surface area contributed by atoms with Crippen LogP contribution in [0.15, 0.2) is 24.5 Å². The summed E-state index contributed by atoms with van der Waals surface area (Å²) in [7, 11) is 1.64. The Morgan fingerprint density at radius 1 is 1.36 bits per heavy atom. The van der Waals surface area contributed by atoms with Gasteiger partial charge in [0.15, 0.2) is 5.69 Å². The molecule has 0 radical (unpaired) electrons. The molecule has 3 aromatic rings. The van der Waals surface area contributed by atoms with Gasteiger partial charge < -0.3 is 15.0 Å². The van der Waals surface area contributed by atoms with Crippen molar-refractivity contribution >= 4 is 33.4 Å². The lowest BCUT2D eigenvalue weighted by Crippen LogP contribution is -2.54. The van der Waals surface area contributed by atoms with Gasteiger partial charge in [0.25, 0.3) is 5.91 Å². The first-order chi connectivity index (χ1) is 13.4. The van der Waals surface area contributed by atoms with Crippen molar-refractivity contribution in [1.82, 2.24) is 19.9 Å². The molecule has 28 heavy (non-hydrogen) atoms. The Hall–Kier alpha value is -2.65. The number of nitrogens with one attached hydrogen (secondary N) is 1. The van der Waals surface area contributed by atoms with Crippen LogP contribution in [0, 0.1) is 12.7 Å². The fraction of sp³-hybridized carbons (Fsp3) is 0.368. The third-order valence-electron chi connectivity index (χ3n) is 4.74. The quantitative estimate of drug-likeness (QED) is 0.707. The number of likely N-dealkylation sites (tertiary alicyclic amines) is 1. The fourth-order valence-electron chi connectivity index (χ4n) is 3.10. The van der Waals surface area contributed by atoms with Gasteiger partial charge in [0.05, 0.1) is 28.6 Å². The number of ether oxygens (including phenoxy) is 1. The summed E-state index contributed by atoms with van der Waals surface area (Å²) >= 11 is 1.50. The number of methoxy groups -OCH3 is 1. The van der Waals surface area contributed by atoms with Gasteiger partial charge in [-0.3, -0.25) is 9.78 Å². The molecule has 1 saturated heterocycles. The summed E-state index contributed by atoms with van der Waals surface area (Å²) in [4.78, 5) is 28.6. The lowest BCUT2D eigenvalue weighted by Gasteiger charge is -2.37. The topological polar surface area (TPSA) is 80.2 Å². The molecular weight excluding hydrogens is 381 g/mol. The number of aryl methyl sites for hydroxylation is 1. The standard InChI is InChI=1S/C19H20FN5O2S/c1-10-4-15-17(28-10)16(18(26)25-8-14(9-25)27-3)24-19(23-15)22-11(2)12-5-13(20)7-21-6-12/h4-7,11,14H,8-9H2,1-3H3,(H,22,23,24). The molecule has 1 fully saturated rings. The third kappa shape index (κ3) is 3.55. The van der Waals surface area contributed by atoms with E-state index in [9.17, 15) is 9.18 Å². The van der Waals surface area contributed by atoms with Crippen molar-refractivity contribution in [2.75, 3.05) is 25.5 Å². The minimum atomic E-state index is -0.405. The van der Waals surface area contributed by atoms with Crippen molar-refractivity contribution in [1.29, 1.82) is 0 Å². The predicted molar refractivity (Wildman–Crippen MR) is 105 cm³/mol. The smallest absolute Gasteiger partial charge is 0.274 e. The number of amides is 1. The first kappa shape index (κ1) is 18.7. The van der Waals surface area contributed by atoms with Crippen LogP contribution < -0.4 is 5.32 Å². The van der Waals surface area contributed by atoms with Crippen LogP contribution in [0.3, 0.4) is 0 Å². The number of rotatable bonds is 5. The normalized spacial score (nSPS) is 15.5. The summed E-state index contributed by atoms with van der Waals surface area (Å²) in [5.74, 6) is -0.211. The van der Waals surface area contributed by atoms with Crippen molar-refractivity contribution in [2.24, 2.45) is 0 Å². The SMILES string of the molecule is COC1CN(C(=O)c2nc(NC(C)c3cncc(F)c3)nc3cc(C)sc23)C1. The maximum Gasteiger partial charge on any atom is 0.274 e. The zero-order chi connectivity index (χ0) is 19.8. The van der Waals surface area contributed by atoms with E-state index in [1.807, 2.05) is 19.9 Å². The van der Waals surface area contributed by atoms with Crippen molar-refractivity contribution in [3.8, 4) is 0 Å². The van der Waals surface area contributed by atoms with Gasteiger partial charge in [0, 0.05) is 31.3 Å². The molecule has 1 amide bonds. The molecule has 1 atom stereocenters. The van der Waals surface area contributed by atoms with Crippen LogP contribution in [0.4, 0.5) is 10.3 Å². The number of aromatic nitrogens is 3. The predicted octanol–water partition coefficient (Wildman–Crippen LogP) is 3.18. The summed E-state index contributed by atoms with van der Waals surface area (Å²) in [5.41, 5.74) is 1.77. The van der Waals surface area contributed by atoms with E-state index in [1.54, 1.807) is 18.2 Å². The van der Waals surface area contributed by atoms with Gasteiger partial charge in [-0.15, -0.1) is 11.3 Å². The Labute approximate surface area is 165 Å². The molecule has 1 aliphatic rings. The highest BCUT2D eigenvalue weighted by molar-refractivity contribution is 7.19. The average molecular weight is 401 g/mol. The van der Waals surface area contributed by atoms with Crippen LogP contribution in [-0.2, 0) is 4.74 Å². The van der Waals surface area contributed by atoms with Crippen LogP contribution in [0.5, 0.6) is 0 Å². The van der Waals surface area contributed by atoms with E-state index in [0.29, 0.717) is 30.3 Å². The Bertz CT molecular complexity index is 1030. The zero-order valence-corrected chi connectivity index (χ0v) is 16.6. The van der Waals surface area contributed by atoms with Crippen molar-refractivity contribution in [3.63, 3.8) is 0 Å². The maximum absolute atomic E-state index is 13.5. The molecule has 0 aromatic carbocycles. The number of pyridine rings is 1. The third-order valence-corrected chi connectivity index (χ3v) is 5.78. The number of anilines is 1. The minimum absolute atomic E-state index is 0.0736. The number of halogens is 1. The number of carbonyl (C=O) groups is 1. The molecule has 1 N–H and O–H groups in total. The van der Waals surface area contributed by atoms with Crippen molar-refractivity contribution < 1.29 is 13.9 Å². The number of hydrogen-bond donors (Lipinski definition) is 1. The van der Waals surface area contributed by atoms with E-state index < -0.39 is 5.82 Å². The number of carbonyl (C=O) groups excluding carboxylic acids is 1. The van der Waals surface area contributed by atoms with Crippen molar-refractivity contribution in [3.05, 3.63) is 46.5 Å². The zero-order valence-electron chi connectivity index (χ0n) is 15.8. The Kier molecular flexibility index (Phi) is 4.94. The van der Waals surface area contributed by atoms with E-state index in [4.69, 9.17) is 4.74 Å². The first-order valence-corrected chi connectivity index (χ1v) is 9.73. The minimum Gasteiger partial charge on any atom is -0.378 e. The molecule has 4 rings (SSSR count). The molecule has 0 spiro atoms. The summed E-state index contributed by atoms with van der Waals surface area (Å²) in [6, 6.07) is 3.08. The van der Waals surface area contributed by atoms with Crippen LogP contribution in [-0.4, -0.2) is 52.1 Å². The monoisotopic (exact) mass is 401 g/mol. The molecule has 1 aliphatic heterocycles. The number of hydrogen-bond acceptors (Lipinski definition) is 7. The fourth-order valence-corrected chi connectivity index (χ4v) is 4.03. The Morgan fingerprint density at radius 3 is 2.86 bits per heavy atom. The molecule has 0 bridgehead atoms. The van der Waals surface area contributed by atoms with E-state index in [0.717, 1.165) is 21.3 Å². The second-order valence-electron chi connectivity index (χ2n) is 6.84. The molecule has 9 heteroatoms. The maximum atomic E-state index is 13.5. The van der Waals surface area contributed by atoms with Crippen LogP contribution in [0.2, 0.25) is 0 Å². The summed E-state index contributed by atoms with van der Waals surface area (Å²) in [6.07, 6.45) is 2.82. The second kappa shape index (κ2) is 7.40. The van der Waals surface area contributed by atoms with Gasteiger partial charge in [-0.05, 0) is 31.5 Å². The second-order valence-corrected chi connectivity index (χ2v) is 8.09. The summed E-state index contributed by atoms with van der Waals surface area (Å²) < 4.78 is 19.5. The Balaban J connectivity index is 1.65. The van der Waals surface area contributed by atoms with Crippen molar-refractivity contribution in [2.45, 2.75) is 26.0 Å². The molecule has 3 aromatic heterocycles. The molecule has 7 nitrogen and oxygen atoms in total. The Morgan fingerprint density at radius 2 is 2.14 bits per heavy atom. The van der Waals surface area contributed by atoms with E-state index in [1.165, 1.54) is 17.4 Å². The molecule has 146 valence electrons. The highest BCUT2D eigenvalue weighted by Crippen LogP contribution is 2.30. The van der Waals surface area contributed by atoms with Crippen LogP contribution >= 0.6 is 11.3 Å². The average Bonchev–Trinajstić information content (AvgIpc) is 3.00. The highest BCUT2D eigenvalue weighted by atomic mass is 32.1. The van der Waals surface area contributed by atoms with E-state index in [-0.39, 0.29) is 18.1 Å². The van der Waals surface area contributed by atoms with E-state index >= 15 is 0 Å². The summed E-state index contributed by atoms with van der Waals surface area (Å²) in [5, 5.41) is 3.16. The van der Waals surface area contributed by atoms with Crippen LogP contribution in [0.25, 0.3) is 10.2 Å². The number of nitrogens with zero attached hydrogens (tertiary/aromatic N) is 4. The van der Waals surface area contributed by atoms with E-state index in [2.05, 4.69) is 20.3 Å². The highest BCUT2D eigenvalue weighted by Gasteiger charge is 2.33. The lowest BCUT2D eigenvalue weighted by molar-refractivity contribution is -0.0193. The van der Waals surface area contributed by atoms with Gasteiger partial charge >= 0.3 is 0 Å². The summed E-state index contributed by atoms with van der Waals surface area (Å²) in [6.45, 7) is 4.95. The van der Waals surface area contributed by atoms with Gasteiger partial charge in [-0.1, -0.05) is 0 Å². The van der Waals surface area contributed by atoms with Gasteiger partial charge in [0.1, 0.15) is 5.82 Å². The molecule has 1 unspecified atom stereocenters. The largest absolute Gasteiger partial charge is 0.378 e. The molecule has 0 aliphatic carbocycles. The molecular formula is C19H20FN5O2S. The van der Waals surface area contributed by atoms with Gasteiger partial charge in [-0.2, -0.15) is 0 Å². The molecule has 0 saturated carbocycles.